The SMILES string of the molecule is CNC(=O)CN(C)C(=O)c1cc(F)cc(N)c1F. The molecule has 7 heteroatoms. The Morgan fingerprint density at radius 3 is 2.56 bits per heavy atom. The first-order valence-electron chi connectivity index (χ1n) is 5.07. The van der Waals surface area contributed by atoms with Crippen LogP contribution in [0.4, 0.5) is 14.5 Å². The summed E-state index contributed by atoms with van der Waals surface area (Å²) in [6.07, 6.45) is 0. The smallest absolute Gasteiger partial charge is 0.257 e. The summed E-state index contributed by atoms with van der Waals surface area (Å²) in [7, 11) is 2.71. The van der Waals surface area contributed by atoms with Crippen molar-refractivity contribution in [2.24, 2.45) is 0 Å². The van der Waals surface area contributed by atoms with Crippen LogP contribution in [0.15, 0.2) is 12.1 Å². The van der Waals surface area contributed by atoms with Gasteiger partial charge in [0.05, 0.1) is 17.8 Å². The highest BCUT2D eigenvalue weighted by Gasteiger charge is 2.20. The number of anilines is 1. The minimum absolute atomic E-state index is 0.259. The lowest BCUT2D eigenvalue weighted by Gasteiger charge is -2.16. The van der Waals surface area contributed by atoms with Gasteiger partial charge < -0.3 is 16.0 Å². The van der Waals surface area contributed by atoms with Crippen LogP contribution in [0.3, 0.4) is 0 Å². The molecule has 0 aliphatic carbocycles. The molecule has 0 radical (unpaired) electrons. The molecule has 0 saturated carbocycles. The Morgan fingerprint density at radius 2 is 2.00 bits per heavy atom. The highest BCUT2D eigenvalue weighted by atomic mass is 19.1. The summed E-state index contributed by atoms with van der Waals surface area (Å²) in [5, 5.41) is 2.31. The number of likely N-dealkylation sites (N-methyl/N-ethyl adjacent to an activating group) is 2. The molecule has 98 valence electrons. The maximum Gasteiger partial charge on any atom is 0.257 e. The lowest BCUT2D eigenvalue weighted by molar-refractivity contribution is -0.121. The zero-order valence-corrected chi connectivity index (χ0v) is 9.96. The second kappa shape index (κ2) is 5.44. The summed E-state index contributed by atoms with van der Waals surface area (Å²) in [6, 6.07) is 1.53. The molecular formula is C11H13F2N3O2. The van der Waals surface area contributed by atoms with E-state index < -0.39 is 34.7 Å². The minimum atomic E-state index is -0.995. The van der Waals surface area contributed by atoms with Crippen LogP contribution in [0, 0.1) is 11.6 Å². The molecular weight excluding hydrogens is 244 g/mol. The maximum absolute atomic E-state index is 13.6. The molecule has 0 aliphatic rings. The van der Waals surface area contributed by atoms with Gasteiger partial charge in [0.15, 0.2) is 5.82 Å². The second-order valence-electron chi connectivity index (χ2n) is 3.69. The van der Waals surface area contributed by atoms with E-state index in [1.807, 2.05) is 0 Å². The molecule has 18 heavy (non-hydrogen) atoms. The predicted molar refractivity (Wildman–Crippen MR) is 61.8 cm³/mol. The van der Waals surface area contributed by atoms with Gasteiger partial charge in [0.2, 0.25) is 5.91 Å². The van der Waals surface area contributed by atoms with E-state index in [1.54, 1.807) is 0 Å². The number of nitrogens with zero attached hydrogens (tertiary/aromatic N) is 1. The number of benzene rings is 1. The number of nitrogens with one attached hydrogen (secondary N) is 1. The Labute approximate surface area is 103 Å². The molecule has 0 fully saturated rings. The number of carbonyl (C=O) groups is 2. The quantitative estimate of drug-likeness (QED) is 0.768. The molecule has 1 aromatic carbocycles. The summed E-state index contributed by atoms with van der Waals surface area (Å²) in [6.45, 7) is -0.259. The fourth-order valence-electron chi connectivity index (χ4n) is 1.34. The van der Waals surface area contributed by atoms with Gasteiger partial charge in [-0.15, -0.1) is 0 Å². The molecule has 5 nitrogen and oxygen atoms in total. The van der Waals surface area contributed by atoms with Gasteiger partial charge in [0.1, 0.15) is 5.82 Å². The van der Waals surface area contributed by atoms with Crippen molar-refractivity contribution in [3.8, 4) is 0 Å². The first-order chi connectivity index (χ1) is 8.36. The fraction of sp³-hybridized carbons (Fsp3) is 0.273. The number of carbonyl (C=O) groups excluding carboxylic acids is 2. The fourth-order valence-corrected chi connectivity index (χ4v) is 1.34. The Balaban J connectivity index is 3.00. The topological polar surface area (TPSA) is 75.4 Å². The first kappa shape index (κ1) is 13.9. The van der Waals surface area contributed by atoms with Crippen LogP contribution in [0.1, 0.15) is 10.4 Å². The zero-order chi connectivity index (χ0) is 13.9. The van der Waals surface area contributed by atoms with Crippen LogP contribution >= 0.6 is 0 Å². The van der Waals surface area contributed by atoms with Crippen molar-refractivity contribution in [2.75, 3.05) is 26.4 Å². The lowest BCUT2D eigenvalue weighted by Crippen LogP contribution is -2.37. The third-order valence-corrected chi connectivity index (χ3v) is 2.30. The molecule has 0 spiro atoms. The highest BCUT2D eigenvalue weighted by molar-refractivity contribution is 5.97. The second-order valence-corrected chi connectivity index (χ2v) is 3.69. The van der Waals surface area contributed by atoms with Crippen molar-refractivity contribution in [2.45, 2.75) is 0 Å². The van der Waals surface area contributed by atoms with Crippen LogP contribution in [0.2, 0.25) is 0 Å². The van der Waals surface area contributed by atoms with E-state index >= 15 is 0 Å². The van der Waals surface area contributed by atoms with Crippen LogP contribution in [0.5, 0.6) is 0 Å². The molecule has 2 amide bonds. The van der Waals surface area contributed by atoms with E-state index in [-0.39, 0.29) is 6.54 Å². The number of nitrogen functional groups attached to an aromatic ring is 1. The molecule has 0 unspecified atom stereocenters. The predicted octanol–water partition coefficient (Wildman–Crippen LogP) is 0.365. The standard InChI is InChI=1S/C11H13F2N3O2/c1-15-9(17)5-16(2)11(18)7-3-6(12)4-8(14)10(7)13/h3-4H,5,14H2,1-2H3,(H,15,17). The van der Waals surface area contributed by atoms with Gasteiger partial charge in [-0.2, -0.15) is 0 Å². The summed E-state index contributed by atoms with van der Waals surface area (Å²) < 4.78 is 26.6. The normalized spacial score (nSPS) is 10.0. The van der Waals surface area contributed by atoms with Crippen molar-refractivity contribution in [1.82, 2.24) is 10.2 Å². The molecule has 0 saturated heterocycles. The van der Waals surface area contributed by atoms with Gasteiger partial charge in [0, 0.05) is 14.1 Å². The highest BCUT2D eigenvalue weighted by Crippen LogP contribution is 2.18. The summed E-state index contributed by atoms with van der Waals surface area (Å²) >= 11 is 0. The molecule has 0 aromatic heterocycles. The van der Waals surface area contributed by atoms with Crippen LogP contribution in [-0.2, 0) is 4.79 Å². The molecule has 0 bridgehead atoms. The third-order valence-electron chi connectivity index (χ3n) is 2.30. The van der Waals surface area contributed by atoms with Gasteiger partial charge in [-0.25, -0.2) is 8.78 Å². The molecule has 1 aromatic rings. The summed E-state index contributed by atoms with van der Waals surface area (Å²) in [4.78, 5) is 23.9. The van der Waals surface area contributed by atoms with E-state index in [9.17, 15) is 18.4 Å². The Morgan fingerprint density at radius 1 is 1.39 bits per heavy atom. The molecule has 0 heterocycles. The van der Waals surface area contributed by atoms with Gasteiger partial charge in [-0.05, 0) is 12.1 Å². The van der Waals surface area contributed by atoms with Crippen LogP contribution in [0.25, 0.3) is 0 Å². The van der Waals surface area contributed by atoms with E-state index in [4.69, 9.17) is 5.73 Å². The summed E-state index contributed by atoms with van der Waals surface area (Å²) in [5.74, 6) is -3.05. The summed E-state index contributed by atoms with van der Waals surface area (Å²) in [5.41, 5.74) is 4.27. The molecule has 1 rings (SSSR count). The average molecular weight is 257 g/mol. The number of hydrogen-bond donors (Lipinski definition) is 2. The number of rotatable bonds is 3. The van der Waals surface area contributed by atoms with Crippen molar-refractivity contribution >= 4 is 17.5 Å². The van der Waals surface area contributed by atoms with Crippen molar-refractivity contribution in [3.05, 3.63) is 29.3 Å². The van der Waals surface area contributed by atoms with Crippen molar-refractivity contribution in [1.29, 1.82) is 0 Å². The van der Waals surface area contributed by atoms with Crippen LogP contribution in [-0.4, -0.2) is 37.4 Å². The number of nitrogens with two attached hydrogens (primary N) is 1. The van der Waals surface area contributed by atoms with E-state index in [2.05, 4.69) is 5.32 Å². The Hall–Kier alpha value is -2.18. The minimum Gasteiger partial charge on any atom is -0.396 e. The lowest BCUT2D eigenvalue weighted by atomic mass is 10.1. The molecule has 0 atom stereocenters. The Bertz CT molecular complexity index is 491. The average Bonchev–Trinajstić information content (AvgIpc) is 2.32. The monoisotopic (exact) mass is 257 g/mol. The van der Waals surface area contributed by atoms with E-state index in [0.29, 0.717) is 0 Å². The van der Waals surface area contributed by atoms with Gasteiger partial charge in [-0.1, -0.05) is 0 Å². The Kier molecular flexibility index (Phi) is 4.19. The first-order valence-corrected chi connectivity index (χ1v) is 5.07. The van der Waals surface area contributed by atoms with Gasteiger partial charge in [-0.3, -0.25) is 9.59 Å². The third kappa shape index (κ3) is 2.93. The maximum atomic E-state index is 13.6. The van der Waals surface area contributed by atoms with Gasteiger partial charge in [0.25, 0.3) is 5.91 Å². The van der Waals surface area contributed by atoms with Crippen molar-refractivity contribution in [3.63, 3.8) is 0 Å². The molecule has 3 N–H and O–H groups in total. The van der Waals surface area contributed by atoms with Crippen molar-refractivity contribution < 1.29 is 18.4 Å². The van der Waals surface area contributed by atoms with Gasteiger partial charge >= 0.3 is 0 Å². The number of halogens is 2. The van der Waals surface area contributed by atoms with Crippen LogP contribution < -0.4 is 11.1 Å². The largest absolute Gasteiger partial charge is 0.396 e. The number of amides is 2. The van der Waals surface area contributed by atoms with E-state index in [0.717, 1.165) is 17.0 Å². The number of hydrogen-bond acceptors (Lipinski definition) is 3. The molecule has 0 aliphatic heterocycles. The van der Waals surface area contributed by atoms with E-state index in [1.165, 1.54) is 14.1 Å². The zero-order valence-electron chi connectivity index (χ0n) is 9.96.